The molecule has 1 saturated heterocycles. The number of thiocarbonyl (C=S) groups is 1. The minimum absolute atomic E-state index is 0.377. The van der Waals surface area contributed by atoms with Gasteiger partial charge in [0.15, 0.2) is 0 Å². The molecule has 0 aliphatic carbocycles. The Kier molecular flexibility index (Phi) is 5.24. The van der Waals surface area contributed by atoms with Crippen molar-refractivity contribution in [3.05, 3.63) is 0 Å². The molecule has 1 aliphatic heterocycles. The molecule has 1 heterocycles. The van der Waals surface area contributed by atoms with Gasteiger partial charge >= 0.3 is 6.03 Å². The van der Waals surface area contributed by atoms with Crippen molar-refractivity contribution in [1.29, 1.82) is 0 Å². The largest absolute Gasteiger partial charge is 0.349 e. The van der Waals surface area contributed by atoms with Crippen LogP contribution in [-0.2, 0) is 0 Å². The van der Waals surface area contributed by atoms with Gasteiger partial charge in [-0.05, 0) is 20.3 Å². The third-order valence-electron chi connectivity index (χ3n) is 3.11. The number of hydroxylamine groups is 2. The molecule has 1 aliphatic rings. The van der Waals surface area contributed by atoms with Gasteiger partial charge in [0.25, 0.3) is 0 Å². The molecule has 0 aromatic heterocycles. The van der Waals surface area contributed by atoms with Crippen molar-refractivity contribution >= 4 is 34.3 Å². The van der Waals surface area contributed by atoms with Crippen molar-refractivity contribution in [2.24, 2.45) is 0 Å². The summed E-state index contributed by atoms with van der Waals surface area (Å²) in [6.07, 6.45) is 2.13. The lowest BCUT2D eigenvalue weighted by Gasteiger charge is -2.37. The molecular formula is C11H21N3O2S2. The second-order valence-electron chi connectivity index (χ2n) is 4.79. The fourth-order valence-electron chi connectivity index (χ4n) is 1.94. The highest BCUT2D eigenvalue weighted by atomic mass is 32.2. The van der Waals surface area contributed by atoms with Gasteiger partial charge in [0.2, 0.25) is 0 Å². The van der Waals surface area contributed by atoms with Gasteiger partial charge in [-0.15, -0.1) is 0 Å². The number of unbranched alkanes of at least 4 members (excludes halogenated alkanes) is 1. The Balaban J connectivity index is 2.84. The lowest BCUT2D eigenvalue weighted by Crippen LogP contribution is -2.54. The number of thioether (sulfide) groups is 1. The number of urea groups is 1. The quantitative estimate of drug-likeness (QED) is 0.473. The number of rotatable bonds is 4. The average Bonchev–Trinajstić information content (AvgIpc) is 2.55. The predicted molar refractivity (Wildman–Crippen MR) is 77.8 cm³/mol. The summed E-state index contributed by atoms with van der Waals surface area (Å²) in [6.45, 7) is 6.96. The molecule has 2 N–H and O–H groups in total. The van der Waals surface area contributed by atoms with Crippen molar-refractivity contribution in [1.82, 2.24) is 15.3 Å². The molecular weight excluding hydrogens is 270 g/mol. The molecule has 0 saturated carbocycles. The van der Waals surface area contributed by atoms with E-state index in [0.29, 0.717) is 0 Å². The molecule has 1 rings (SSSR count). The number of nitrogens with zero attached hydrogens (tertiary/aromatic N) is 2. The fourth-order valence-corrected chi connectivity index (χ4v) is 3.79. The Labute approximate surface area is 118 Å². The molecule has 1 atom stereocenters. The van der Waals surface area contributed by atoms with Gasteiger partial charge in [-0.25, -0.2) is 4.79 Å². The maximum Gasteiger partial charge on any atom is 0.342 e. The first-order chi connectivity index (χ1) is 8.36. The van der Waals surface area contributed by atoms with Crippen LogP contribution in [0.1, 0.15) is 33.6 Å². The molecule has 0 bridgehead atoms. The van der Waals surface area contributed by atoms with Crippen LogP contribution in [0.3, 0.4) is 0 Å². The third kappa shape index (κ3) is 2.89. The second kappa shape index (κ2) is 6.08. The molecule has 0 unspecified atom stereocenters. The Morgan fingerprint density at radius 3 is 2.78 bits per heavy atom. The summed E-state index contributed by atoms with van der Waals surface area (Å²) in [5.74, 6) is 0. The highest BCUT2D eigenvalue weighted by molar-refractivity contribution is 8.23. The monoisotopic (exact) mass is 291 g/mol. The molecule has 5 nitrogen and oxygen atoms in total. The summed E-state index contributed by atoms with van der Waals surface area (Å²) in [4.78, 5) is 13.6. The summed E-state index contributed by atoms with van der Waals surface area (Å²) in [5.41, 5.74) is -0.377. The molecule has 0 aromatic carbocycles. The Hall–Kier alpha value is -0.530. The average molecular weight is 291 g/mol. The van der Waals surface area contributed by atoms with E-state index in [2.05, 4.69) is 17.1 Å². The topological polar surface area (TPSA) is 55.8 Å². The van der Waals surface area contributed by atoms with Gasteiger partial charge in [0.1, 0.15) is 9.69 Å². The number of hydrogen-bond acceptors (Lipinski definition) is 4. The molecule has 1 fully saturated rings. The fraction of sp³-hybridized carbons (Fsp3) is 0.818. The summed E-state index contributed by atoms with van der Waals surface area (Å²) < 4.78 is 0.737. The SMILES string of the molecule is CCCCN1C(=S)S[C@@H](N(O)C(=O)NC)C1(C)C. The van der Waals surface area contributed by atoms with Crippen molar-refractivity contribution in [3.63, 3.8) is 0 Å². The molecule has 18 heavy (non-hydrogen) atoms. The molecule has 2 amide bonds. The van der Waals surface area contributed by atoms with E-state index >= 15 is 0 Å². The second-order valence-corrected chi connectivity index (χ2v) is 6.51. The van der Waals surface area contributed by atoms with E-state index in [1.54, 1.807) is 0 Å². The van der Waals surface area contributed by atoms with Gasteiger partial charge < -0.3 is 10.2 Å². The number of carbonyl (C=O) groups excluding carboxylic acids is 1. The first kappa shape index (κ1) is 15.5. The molecule has 7 heteroatoms. The zero-order chi connectivity index (χ0) is 13.9. The van der Waals surface area contributed by atoms with E-state index in [4.69, 9.17) is 12.2 Å². The van der Waals surface area contributed by atoms with Crippen molar-refractivity contribution in [2.45, 2.75) is 44.5 Å². The van der Waals surface area contributed by atoms with Crippen molar-refractivity contribution in [3.8, 4) is 0 Å². The minimum atomic E-state index is -0.513. The first-order valence-electron chi connectivity index (χ1n) is 6.04. The summed E-state index contributed by atoms with van der Waals surface area (Å²) in [6, 6.07) is -0.513. The maximum absolute atomic E-state index is 11.5. The van der Waals surface area contributed by atoms with Gasteiger partial charge in [0, 0.05) is 13.6 Å². The van der Waals surface area contributed by atoms with E-state index in [9.17, 15) is 10.0 Å². The van der Waals surface area contributed by atoms with Gasteiger partial charge in [-0.1, -0.05) is 37.3 Å². The number of carbonyl (C=O) groups is 1. The van der Waals surface area contributed by atoms with Crippen LogP contribution in [0.4, 0.5) is 4.79 Å². The van der Waals surface area contributed by atoms with Gasteiger partial charge in [-0.2, -0.15) is 5.06 Å². The van der Waals surface area contributed by atoms with E-state index in [0.717, 1.165) is 28.8 Å². The molecule has 0 radical (unpaired) electrons. The first-order valence-corrected chi connectivity index (χ1v) is 7.33. The van der Waals surface area contributed by atoms with E-state index in [1.165, 1.54) is 18.8 Å². The van der Waals surface area contributed by atoms with Gasteiger partial charge in [0.05, 0.1) is 5.54 Å². The van der Waals surface area contributed by atoms with Crippen LogP contribution in [0.2, 0.25) is 0 Å². The zero-order valence-electron chi connectivity index (χ0n) is 11.3. The highest BCUT2D eigenvalue weighted by Gasteiger charge is 2.48. The summed E-state index contributed by atoms with van der Waals surface area (Å²) in [7, 11) is 1.49. The van der Waals surface area contributed by atoms with Crippen LogP contribution >= 0.6 is 24.0 Å². The molecule has 0 spiro atoms. The Bertz CT molecular complexity index is 336. The molecule has 104 valence electrons. The van der Waals surface area contributed by atoms with Crippen molar-refractivity contribution < 1.29 is 10.0 Å². The zero-order valence-corrected chi connectivity index (χ0v) is 12.9. The number of nitrogens with one attached hydrogen (secondary N) is 1. The van der Waals surface area contributed by atoms with Crippen LogP contribution in [-0.4, -0.2) is 50.0 Å². The lowest BCUT2D eigenvalue weighted by molar-refractivity contribution is -0.0778. The summed E-state index contributed by atoms with van der Waals surface area (Å²) in [5, 5.41) is 12.7. The van der Waals surface area contributed by atoms with Crippen LogP contribution in [0.15, 0.2) is 0 Å². The minimum Gasteiger partial charge on any atom is -0.349 e. The smallest absolute Gasteiger partial charge is 0.342 e. The third-order valence-corrected chi connectivity index (χ3v) is 5.04. The predicted octanol–water partition coefficient (Wildman–Crippen LogP) is 2.26. The number of amides is 2. The van der Waals surface area contributed by atoms with Crippen LogP contribution < -0.4 is 5.32 Å². The summed E-state index contributed by atoms with van der Waals surface area (Å²) >= 11 is 6.70. The Morgan fingerprint density at radius 1 is 1.67 bits per heavy atom. The van der Waals surface area contributed by atoms with Crippen LogP contribution in [0, 0.1) is 0 Å². The lowest BCUT2D eigenvalue weighted by atomic mass is 10.0. The van der Waals surface area contributed by atoms with Crippen molar-refractivity contribution in [2.75, 3.05) is 13.6 Å². The highest BCUT2D eigenvalue weighted by Crippen LogP contribution is 2.41. The van der Waals surface area contributed by atoms with E-state index < -0.39 is 6.03 Å². The van der Waals surface area contributed by atoms with Crippen LogP contribution in [0.5, 0.6) is 0 Å². The van der Waals surface area contributed by atoms with E-state index in [-0.39, 0.29) is 10.9 Å². The van der Waals surface area contributed by atoms with Gasteiger partial charge in [-0.3, -0.25) is 5.21 Å². The normalized spacial score (nSPS) is 22.2. The molecule has 0 aromatic rings. The van der Waals surface area contributed by atoms with Crippen LogP contribution in [0.25, 0.3) is 0 Å². The Morgan fingerprint density at radius 2 is 2.28 bits per heavy atom. The van der Waals surface area contributed by atoms with E-state index in [1.807, 2.05) is 13.8 Å². The number of hydrogen-bond donors (Lipinski definition) is 2. The standard InChI is InChI=1S/C11H21N3O2S2/c1-5-6-7-13-10(17)18-8(11(13,2)3)14(16)9(15)12-4/h8,16H,5-7H2,1-4H3,(H,12,15)/t8-/m1/s1. The maximum atomic E-state index is 11.5.